The number of nitriles is 1. The zero-order valence-electron chi connectivity index (χ0n) is 10.3. The molecule has 0 fully saturated rings. The molecule has 0 aromatic heterocycles. The van der Waals surface area contributed by atoms with E-state index in [9.17, 15) is 4.79 Å². The van der Waals surface area contributed by atoms with Crippen molar-refractivity contribution in [2.45, 2.75) is 33.6 Å². The van der Waals surface area contributed by atoms with Crippen LogP contribution < -0.4 is 5.73 Å². The maximum Gasteiger partial charge on any atom is 0.204 e. The highest BCUT2D eigenvalue weighted by molar-refractivity contribution is 5.98. The molecule has 2 aliphatic rings. The van der Waals surface area contributed by atoms with Gasteiger partial charge in [0.25, 0.3) is 0 Å². The number of ether oxygens (including phenoxy) is 1. The van der Waals surface area contributed by atoms with E-state index in [4.69, 9.17) is 15.7 Å². The molecule has 0 saturated carbocycles. The Labute approximate surface area is 101 Å². The van der Waals surface area contributed by atoms with Gasteiger partial charge in [-0.05, 0) is 5.41 Å². The lowest BCUT2D eigenvalue weighted by molar-refractivity contribution is -0.119. The molecule has 0 unspecified atom stereocenters. The number of nitrogens with two attached hydrogens (primary N) is 1. The topological polar surface area (TPSA) is 76.1 Å². The van der Waals surface area contributed by atoms with Gasteiger partial charge in [0.1, 0.15) is 11.8 Å². The first-order valence-electron chi connectivity index (χ1n) is 5.69. The van der Waals surface area contributed by atoms with Crippen molar-refractivity contribution in [3.05, 3.63) is 22.8 Å². The highest BCUT2D eigenvalue weighted by atomic mass is 16.5. The number of Topliss-reactive ketones (excluding diaryl/α,β-unsaturated/α-hetero) is 1. The van der Waals surface area contributed by atoms with Crippen LogP contribution in [0.15, 0.2) is 22.8 Å². The summed E-state index contributed by atoms with van der Waals surface area (Å²) in [6.07, 6.45) is 1.19. The van der Waals surface area contributed by atoms with Crippen molar-refractivity contribution in [1.82, 2.24) is 0 Å². The summed E-state index contributed by atoms with van der Waals surface area (Å²) in [5, 5.41) is 9.01. The van der Waals surface area contributed by atoms with Gasteiger partial charge in [0.05, 0.1) is 5.57 Å². The van der Waals surface area contributed by atoms with Gasteiger partial charge in [-0.2, -0.15) is 5.26 Å². The Bertz CT molecular complexity index is 492. The molecule has 4 nitrogen and oxygen atoms in total. The van der Waals surface area contributed by atoms with Crippen LogP contribution >= 0.6 is 0 Å². The number of hydrogen-bond donors (Lipinski definition) is 1. The Morgan fingerprint density at radius 3 is 2.71 bits per heavy atom. The van der Waals surface area contributed by atoms with Crippen LogP contribution in [0.5, 0.6) is 0 Å². The predicted molar refractivity (Wildman–Crippen MR) is 62.1 cm³/mol. The second-order valence-electron chi connectivity index (χ2n) is 5.49. The van der Waals surface area contributed by atoms with Crippen molar-refractivity contribution in [2.24, 2.45) is 17.1 Å². The minimum atomic E-state index is -0.243. The summed E-state index contributed by atoms with van der Waals surface area (Å²) in [6, 6.07) is 2.02. The summed E-state index contributed by atoms with van der Waals surface area (Å²) < 4.78 is 5.46. The predicted octanol–water partition coefficient (Wildman–Crippen LogP) is 1.99. The molecule has 1 aliphatic carbocycles. The Morgan fingerprint density at radius 2 is 2.12 bits per heavy atom. The van der Waals surface area contributed by atoms with Gasteiger partial charge in [0.15, 0.2) is 5.78 Å². The first-order valence-corrected chi connectivity index (χ1v) is 5.69. The van der Waals surface area contributed by atoms with Crippen molar-refractivity contribution in [3.8, 4) is 6.07 Å². The molecule has 1 aliphatic heterocycles. The molecule has 0 spiro atoms. The van der Waals surface area contributed by atoms with E-state index in [-0.39, 0.29) is 23.0 Å². The Morgan fingerprint density at radius 1 is 1.47 bits per heavy atom. The van der Waals surface area contributed by atoms with Gasteiger partial charge in [-0.25, -0.2) is 0 Å². The summed E-state index contributed by atoms with van der Waals surface area (Å²) in [5.41, 5.74) is 6.61. The quantitative estimate of drug-likeness (QED) is 0.693. The third-order valence-corrected chi connectivity index (χ3v) is 3.36. The summed E-state index contributed by atoms with van der Waals surface area (Å²) >= 11 is 0. The smallest absolute Gasteiger partial charge is 0.204 e. The fourth-order valence-corrected chi connectivity index (χ4v) is 2.55. The van der Waals surface area contributed by atoms with E-state index in [1.165, 1.54) is 0 Å². The monoisotopic (exact) mass is 232 g/mol. The molecule has 1 heterocycles. The lowest BCUT2D eigenvalue weighted by Gasteiger charge is -2.36. The fourth-order valence-electron chi connectivity index (χ4n) is 2.55. The summed E-state index contributed by atoms with van der Waals surface area (Å²) in [5.74, 6) is 0.621. The normalized spacial score (nSPS) is 27.4. The summed E-state index contributed by atoms with van der Waals surface area (Å²) in [7, 11) is 0. The van der Waals surface area contributed by atoms with Gasteiger partial charge in [-0.1, -0.05) is 20.8 Å². The van der Waals surface area contributed by atoms with E-state index in [0.717, 1.165) is 0 Å². The summed E-state index contributed by atoms with van der Waals surface area (Å²) in [6.45, 7) is 5.89. The van der Waals surface area contributed by atoms with Crippen LogP contribution in [0.3, 0.4) is 0 Å². The molecule has 0 saturated heterocycles. The van der Waals surface area contributed by atoms with Crippen molar-refractivity contribution in [2.75, 3.05) is 0 Å². The van der Waals surface area contributed by atoms with Gasteiger partial charge in [-0.3, -0.25) is 4.79 Å². The molecule has 0 aromatic rings. The Hall–Kier alpha value is -1.76. The van der Waals surface area contributed by atoms with Gasteiger partial charge >= 0.3 is 0 Å². The molecular formula is C13H16N2O2. The van der Waals surface area contributed by atoms with Crippen LogP contribution in [0, 0.1) is 22.7 Å². The number of carbonyl (C=O) groups is 1. The van der Waals surface area contributed by atoms with E-state index < -0.39 is 0 Å². The third kappa shape index (κ3) is 1.82. The largest absolute Gasteiger partial charge is 0.444 e. The average Bonchev–Trinajstić information content (AvgIpc) is 2.14. The second kappa shape index (κ2) is 3.63. The maximum absolute atomic E-state index is 12.1. The van der Waals surface area contributed by atoms with Crippen LogP contribution in [0.4, 0.5) is 0 Å². The van der Waals surface area contributed by atoms with E-state index in [2.05, 4.69) is 0 Å². The van der Waals surface area contributed by atoms with Crippen molar-refractivity contribution < 1.29 is 9.53 Å². The molecule has 2 N–H and O–H groups in total. The lowest BCUT2D eigenvalue weighted by Crippen LogP contribution is -2.33. The zero-order chi connectivity index (χ0) is 12.8. The molecule has 90 valence electrons. The minimum absolute atomic E-state index is 0.0731. The van der Waals surface area contributed by atoms with Crippen LogP contribution in [0.2, 0.25) is 0 Å². The molecule has 1 atom stereocenters. The number of allylic oxidation sites excluding steroid dienone is 3. The summed E-state index contributed by atoms with van der Waals surface area (Å²) in [4.78, 5) is 12.1. The number of nitrogens with zero attached hydrogens (tertiary/aromatic N) is 1. The van der Waals surface area contributed by atoms with Crippen molar-refractivity contribution >= 4 is 5.78 Å². The van der Waals surface area contributed by atoms with E-state index >= 15 is 0 Å². The van der Waals surface area contributed by atoms with Gasteiger partial charge in [-0.15, -0.1) is 0 Å². The Kier molecular flexibility index (Phi) is 2.50. The van der Waals surface area contributed by atoms with E-state index in [0.29, 0.717) is 29.7 Å². The maximum atomic E-state index is 12.1. The van der Waals surface area contributed by atoms with Crippen LogP contribution in [-0.2, 0) is 9.53 Å². The third-order valence-electron chi connectivity index (χ3n) is 3.36. The highest BCUT2D eigenvalue weighted by Crippen LogP contribution is 2.43. The molecular weight excluding hydrogens is 216 g/mol. The number of ketones is 1. The number of carbonyl (C=O) groups excluding carboxylic acids is 1. The molecule has 0 amide bonds. The Balaban J connectivity index is 2.45. The fraction of sp³-hybridized carbons (Fsp3) is 0.538. The molecule has 0 radical (unpaired) electrons. The second-order valence-corrected chi connectivity index (χ2v) is 5.49. The average molecular weight is 232 g/mol. The number of hydrogen-bond acceptors (Lipinski definition) is 4. The lowest BCUT2D eigenvalue weighted by atomic mass is 9.72. The molecule has 0 aromatic carbocycles. The van der Waals surface area contributed by atoms with E-state index in [1.54, 1.807) is 0 Å². The minimum Gasteiger partial charge on any atom is -0.444 e. The van der Waals surface area contributed by atoms with E-state index in [1.807, 2.05) is 26.8 Å². The molecule has 4 heteroatoms. The molecule has 17 heavy (non-hydrogen) atoms. The van der Waals surface area contributed by atoms with Crippen LogP contribution in [0.25, 0.3) is 0 Å². The first-order chi connectivity index (χ1) is 7.85. The van der Waals surface area contributed by atoms with Gasteiger partial charge < -0.3 is 10.5 Å². The number of rotatable bonds is 0. The van der Waals surface area contributed by atoms with Crippen LogP contribution in [0.1, 0.15) is 33.6 Å². The molecule has 2 rings (SSSR count). The standard InChI is InChI=1S/C13H16N2O2/c1-7-8(6-14)12(15)17-10-5-13(2,3)4-9(16)11(7)10/h7H,4-5,15H2,1-3H3/t7-/m0/s1. The first kappa shape index (κ1) is 11.7. The zero-order valence-corrected chi connectivity index (χ0v) is 10.3. The van der Waals surface area contributed by atoms with Gasteiger partial charge in [0, 0.05) is 24.3 Å². The van der Waals surface area contributed by atoms with Crippen molar-refractivity contribution in [1.29, 1.82) is 5.26 Å². The van der Waals surface area contributed by atoms with Gasteiger partial charge in [0.2, 0.25) is 5.88 Å². The van der Waals surface area contributed by atoms with Crippen LogP contribution in [-0.4, -0.2) is 5.78 Å². The van der Waals surface area contributed by atoms with Crippen molar-refractivity contribution in [3.63, 3.8) is 0 Å². The SMILES string of the molecule is C[C@H]1C(C#N)=C(N)OC2=C1C(=O)CC(C)(C)C2. The molecule has 0 bridgehead atoms. The highest BCUT2D eigenvalue weighted by Gasteiger charge is 2.40.